The predicted octanol–water partition coefficient (Wildman–Crippen LogP) is 2.92. The van der Waals surface area contributed by atoms with Crippen LogP contribution < -0.4 is 5.73 Å². The summed E-state index contributed by atoms with van der Waals surface area (Å²) in [7, 11) is 0. The van der Waals surface area contributed by atoms with Crippen LogP contribution in [-0.4, -0.2) is 29.0 Å². The molecule has 1 saturated heterocycles. The van der Waals surface area contributed by atoms with Gasteiger partial charge in [0, 0.05) is 35.7 Å². The molecule has 0 bridgehead atoms. The van der Waals surface area contributed by atoms with E-state index in [1.165, 1.54) is 6.42 Å². The van der Waals surface area contributed by atoms with Gasteiger partial charge in [0.2, 0.25) is 0 Å². The molecule has 5 nitrogen and oxygen atoms in total. The third-order valence-corrected chi connectivity index (χ3v) is 4.73. The lowest BCUT2D eigenvalue weighted by atomic mass is 9.92. The number of nitrogens with zero attached hydrogens (tertiary/aromatic N) is 2. The van der Waals surface area contributed by atoms with Crippen molar-refractivity contribution in [1.29, 1.82) is 0 Å². The van der Waals surface area contributed by atoms with Crippen molar-refractivity contribution >= 4 is 21.6 Å². The minimum atomic E-state index is -0.375. The molecule has 20 heavy (non-hydrogen) atoms. The second-order valence-corrected chi connectivity index (χ2v) is 6.38. The number of rotatable bonds is 4. The zero-order valence-corrected chi connectivity index (χ0v) is 13.2. The highest BCUT2D eigenvalue weighted by molar-refractivity contribution is 9.10. The van der Waals surface area contributed by atoms with Crippen LogP contribution >= 0.6 is 15.9 Å². The number of non-ortho nitro benzene ring substituents is 1. The number of hydrogen-bond acceptors (Lipinski definition) is 4. The van der Waals surface area contributed by atoms with Gasteiger partial charge in [-0.15, -0.1) is 0 Å². The van der Waals surface area contributed by atoms with Crippen molar-refractivity contribution in [2.45, 2.75) is 32.4 Å². The molecule has 1 aromatic carbocycles. The van der Waals surface area contributed by atoms with Gasteiger partial charge in [-0.25, -0.2) is 0 Å². The smallest absolute Gasteiger partial charge is 0.270 e. The van der Waals surface area contributed by atoms with E-state index in [-0.39, 0.29) is 10.6 Å². The van der Waals surface area contributed by atoms with Gasteiger partial charge in [0.15, 0.2) is 0 Å². The Kier molecular flexibility index (Phi) is 5.12. The van der Waals surface area contributed by atoms with E-state index in [2.05, 4.69) is 27.8 Å². The largest absolute Gasteiger partial charge is 0.329 e. The normalized spacial score (nSPS) is 23.8. The van der Waals surface area contributed by atoms with Crippen LogP contribution in [-0.2, 0) is 6.54 Å². The van der Waals surface area contributed by atoms with Crippen LogP contribution in [0.1, 0.15) is 25.3 Å². The summed E-state index contributed by atoms with van der Waals surface area (Å²) >= 11 is 3.43. The number of piperidine rings is 1. The minimum Gasteiger partial charge on any atom is -0.329 e. The van der Waals surface area contributed by atoms with E-state index in [1.54, 1.807) is 12.1 Å². The van der Waals surface area contributed by atoms with Gasteiger partial charge in [0.05, 0.1) is 4.92 Å². The van der Waals surface area contributed by atoms with Crippen LogP contribution in [0.2, 0.25) is 0 Å². The monoisotopic (exact) mass is 341 g/mol. The standard InChI is InChI=1S/C14H20BrN3O2/c1-10-4-5-17(13(6-10)8-16)9-11-2-3-12(18(19)20)7-14(11)15/h2-3,7,10,13H,4-6,8-9,16H2,1H3. The molecule has 1 aliphatic heterocycles. The average Bonchev–Trinajstić information content (AvgIpc) is 2.42. The fourth-order valence-electron chi connectivity index (χ4n) is 2.75. The van der Waals surface area contributed by atoms with Crippen molar-refractivity contribution in [3.05, 3.63) is 38.3 Å². The van der Waals surface area contributed by atoms with Gasteiger partial charge in [-0.3, -0.25) is 15.0 Å². The molecule has 1 heterocycles. The van der Waals surface area contributed by atoms with Crippen molar-refractivity contribution in [3.63, 3.8) is 0 Å². The number of halogens is 1. The predicted molar refractivity (Wildman–Crippen MR) is 82.4 cm³/mol. The van der Waals surface area contributed by atoms with Gasteiger partial charge < -0.3 is 5.73 Å². The molecular weight excluding hydrogens is 322 g/mol. The minimum absolute atomic E-state index is 0.114. The van der Waals surface area contributed by atoms with Crippen molar-refractivity contribution < 1.29 is 4.92 Å². The summed E-state index contributed by atoms with van der Waals surface area (Å²) < 4.78 is 0.793. The second-order valence-electron chi connectivity index (χ2n) is 5.52. The van der Waals surface area contributed by atoms with Crippen LogP contribution in [0.4, 0.5) is 5.69 Å². The summed E-state index contributed by atoms with van der Waals surface area (Å²) in [5, 5.41) is 10.7. The van der Waals surface area contributed by atoms with Crippen LogP contribution in [0.15, 0.2) is 22.7 Å². The lowest BCUT2D eigenvalue weighted by molar-refractivity contribution is -0.384. The molecule has 2 rings (SSSR count). The molecule has 0 spiro atoms. The Balaban J connectivity index is 2.11. The number of benzene rings is 1. The molecule has 6 heteroatoms. The maximum absolute atomic E-state index is 10.7. The van der Waals surface area contributed by atoms with Crippen molar-refractivity contribution in [2.75, 3.05) is 13.1 Å². The first kappa shape index (κ1) is 15.4. The molecule has 2 unspecified atom stereocenters. The lowest BCUT2D eigenvalue weighted by Crippen LogP contribution is -2.45. The summed E-state index contributed by atoms with van der Waals surface area (Å²) in [6.45, 7) is 4.75. The quantitative estimate of drug-likeness (QED) is 0.675. The van der Waals surface area contributed by atoms with Crippen molar-refractivity contribution in [2.24, 2.45) is 11.7 Å². The topological polar surface area (TPSA) is 72.4 Å². The fourth-order valence-corrected chi connectivity index (χ4v) is 3.24. The summed E-state index contributed by atoms with van der Waals surface area (Å²) in [4.78, 5) is 12.8. The van der Waals surface area contributed by atoms with E-state index in [0.29, 0.717) is 12.6 Å². The highest BCUT2D eigenvalue weighted by Crippen LogP contribution is 2.28. The zero-order chi connectivity index (χ0) is 14.7. The highest BCUT2D eigenvalue weighted by atomic mass is 79.9. The van der Waals surface area contributed by atoms with E-state index in [4.69, 9.17) is 5.73 Å². The molecule has 1 aliphatic rings. The molecule has 1 fully saturated rings. The Morgan fingerprint density at radius 2 is 2.30 bits per heavy atom. The fraction of sp³-hybridized carbons (Fsp3) is 0.571. The number of nitro benzene ring substituents is 1. The SMILES string of the molecule is CC1CCN(Cc2ccc([N+](=O)[O-])cc2Br)C(CN)C1. The van der Waals surface area contributed by atoms with Crippen LogP contribution in [0.25, 0.3) is 0 Å². The van der Waals surface area contributed by atoms with Gasteiger partial charge in [-0.05, 0) is 36.9 Å². The molecule has 0 radical (unpaired) electrons. The van der Waals surface area contributed by atoms with E-state index in [9.17, 15) is 10.1 Å². The molecule has 0 saturated carbocycles. The summed E-state index contributed by atoms with van der Waals surface area (Å²) in [5.41, 5.74) is 7.06. The van der Waals surface area contributed by atoms with Gasteiger partial charge >= 0.3 is 0 Å². The van der Waals surface area contributed by atoms with E-state index >= 15 is 0 Å². The summed E-state index contributed by atoms with van der Waals surface area (Å²) in [5.74, 6) is 0.722. The van der Waals surface area contributed by atoms with Crippen LogP contribution in [0.3, 0.4) is 0 Å². The van der Waals surface area contributed by atoms with Gasteiger partial charge in [-0.1, -0.05) is 22.9 Å². The van der Waals surface area contributed by atoms with E-state index in [1.807, 2.05) is 6.07 Å². The molecule has 1 aromatic rings. The Morgan fingerprint density at radius 3 is 2.90 bits per heavy atom. The molecule has 2 N–H and O–H groups in total. The third kappa shape index (κ3) is 3.56. The lowest BCUT2D eigenvalue weighted by Gasteiger charge is -2.38. The number of hydrogen-bond donors (Lipinski definition) is 1. The molecule has 110 valence electrons. The van der Waals surface area contributed by atoms with Crippen molar-refractivity contribution in [1.82, 2.24) is 4.90 Å². The van der Waals surface area contributed by atoms with Crippen LogP contribution in [0.5, 0.6) is 0 Å². The molecule has 2 atom stereocenters. The van der Waals surface area contributed by atoms with Gasteiger partial charge in [0.1, 0.15) is 0 Å². The molecular formula is C14H20BrN3O2. The number of nitro groups is 1. The zero-order valence-electron chi connectivity index (χ0n) is 11.6. The van der Waals surface area contributed by atoms with E-state index in [0.717, 1.165) is 35.5 Å². The number of likely N-dealkylation sites (tertiary alicyclic amines) is 1. The first-order valence-electron chi connectivity index (χ1n) is 6.88. The highest BCUT2D eigenvalue weighted by Gasteiger charge is 2.25. The molecule has 0 aliphatic carbocycles. The van der Waals surface area contributed by atoms with Crippen LogP contribution in [0, 0.1) is 16.0 Å². The maximum atomic E-state index is 10.7. The molecule has 0 amide bonds. The molecule has 0 aromatic heterocycles. The third-order valence-electron chi connectivity index (χ3n) is 3.99. The van der Waals surface area contributed by atoms with Crippen molar-refractivity contribution in [3.8, 4) is 0 Å². The van der Waals surface area contributed by atoms with Gasteiger partial charge in [0.25, 0.3) is 5.69 Å². The average molecular weight is 342 g/mol. The Bertz CT molecular complexity index is 495. The Morgan fingerprint density at radius 1 is 1.55 bits per heavy atom. The summed E-state index contributed by atoms with van der Waals surface area (Å²) in [6, 6.07) is 5.36. The first-order chi connectivity index (χ1) is 9.51. The van der Waals surface area contributed by atoms with E-state index < -0.39 is 0 Å². The summed E-state index contributed by atoms with van der Waals surface area (Å²) in [6.07, 6.45) is 2.31. The second kappa shape index (κ2) is 6.65. The van der Waals surface area contributed by atoms with Gasteiger partial charge in [-0.2, -0.15) is 0 Å². The number of nitrogens with two attached hydrogens (primary N) is 1. The Hall–Kier alpha value is -0.980. The Labute approximate surface area is 127 Å². The first-order valence-corrected chi connectivity index (χ1v) is 7.67. The maximum Gasteiger partial charge on any atom is 0.270 e.